The second-order valence-corrected chi connectivity index (χ2v) is 4.60. The van der Waals surface area contributed by atoms with Crippen LogP contribution < -0.4 is 5.09 Å². The van der Waals surface area contributed by atoms with Crippen LogP contribution in [0.25, 0.3) is 0 Å². The summed E-state index contributed by atoms with van der Waals surface area (Å²) < 4.78 is 11.0. The van der Waals surface area contributed by atoms with Gasteiger partial charge in [0.2, 0.25) is 0 Å². The lowest BCUT2D eigenvalue weighted by atomic mass is 10.00. The highest BCUT2D eigenvalue weighted by Crippen LogP contribution is 2.26. The van der Waals surface area contributed by atoms with Crippen molar-refractivity contribution >= 4 is 8.18 Å². The minimum atomic E-state index is -2.73. The Morgan fingerprint density at radius 3 is 1.65 bits per heavy atom. The molecule has 0 fully saturated rings. The van der Waals surface area contributed by atoms with Crippen LogP contribution in [0.1, 0.15) is 17.2 Å². The van der Waals surface area contributed by atoms with Gasteiger partial charge in [0, 0.05) is 0 Å². The summed E-state index contributed by atoms with van der Waals surface area (Å²) in [6, 6.07) is 19.0. The summed E-state index contributed by atoms with van der Waals surface area (Å²) in [5, 5.41) is 2.71. The summed E-state index contributed by atoms with van der Waals surface area (Å²) in [7, 11) is -2.73. The Bertz CT molecular complexity index is 448. The lowest BCUT2D eigenvalue weighted by molar-refractivity contribution is 0.483. The molecule has 2 N–H and O–H groups in total. The topological polar surface area (TPSA) is 49.3 Å². The van der Waals surface area contributed by atoms with Gasteiger partial charge in [-0.2, -0.15) is 0 Å². The number of hydrogen-bond donors (Lipinski definition) is 2. The molecule has 0 bridgehead atoms. The molecule has 0 aromatic heterocycles. The van der Waals surface area contributed by atoms with Crippen LogP contribution in [0.2, 0.25) is 0 Å². The van der Waals surface area contributed by atoms with E-state index in [9.17, 15) is 4.57 Å². The molecule has 0 spiro atoms. The van der Waals surface area contributed by atoms with Crippen LogP contribution >= 0.6 is 8.18 Å². The molecular formula is C13H14NO2P. The first kappa shape index (κ1) is 12.1. The third-order valence-corrected chi connectivity index (χ3v) is 3.07. The van der Waals surface area contributed by atoms with E-state index in [0.717, 1.165) is 11.1 Å². The molecule has 4 heteroatoms. The second kappa shape index (κ2) is 5.78. The lowest BCUT2D eigenvalue weighted by Gasteiger charge is -2.17. The predicted octanol–water partition coefficient (Wildman–Crippen LogP) is 2.75. The van der Waals surface area contributed by atoms with Gasteiger partial charge < -0.3 is 4.89 Å². The number of rotatable bonds is 4. The van der Waals surface area contributed by atoms with Crippen LogP contribution in [0.15, 0.2) is 60.7 Å². The van der Waals surface area contributed by atoms with Gasteiger partial charge in [-0.3, -0.25) is 4.57 Å². The Balaban J connectivity index is 2.36. The Labute approximate surface area is 101 Å². The van der Waals surface area contributed by atoms with E-state index in [4.69, 9.17) is 4.89 Å². The summed E-state index contributed by atoms with van der Waals surface area (Å²) in [5.74, 6) is 0. The largest absolute Gasteiger partial charge is 0.335 e. The summed E-state index contributed by atoms with van der Waals surface area (Å²) in [6.07, 6.45) is 0. The molecule has 88 valence electrons. The van der Waals surface area contributed by atoms with Gasteiger partial charge in [0.05, 0.1) is 6.04 Å². The van der Waals surface area contributed by atoms with Crippen molar-refractivity contribution in [1.29, 1.82) is 0 Å². The van der Waals surface area contributed by atoms with Crippen LogP contribution in [-0.4, -0.2) is 4.89 Å². The fourth-order valence-electron chi connectivity index (χ4n) is 1.77. The summed E-state index contributed by atoms with van der Waals surface area (Å²) in [4.78, 5) is 9.08. The molecule has 0 heterocycles. The van der Waals surface area contributed by atoms with Gasteiger partial charge >= 0.3 is 0 Å². The van der Waals surface area contributed by atoms with Gasteiger partial charge in [-0.25, -0.2) is 5.09 Å². The quantitative estimate of drug-likeness (QED) is 0.817. The van der Waals surface area contributed by atoms with Crippen molar-refractivity contribution in [3.63, 3.8) is 0 Å². The Kier molecular flexibility index (Phi) is 4.10. The molecule has 17 heavy (non-hydrogen) atoms. The van der Waals surface area contributed by atoms with E-state index in [0.29, 0.717) is 0 Å². The van der Waals surface area contributed by atoms with E-state index in [2.05, 4.69) is 5.09 Å². The standard InChI is InChI=1S/C13H14NO2P/c15-17(16)14-13(11-7-3-1-4-8-11)12-9-5-2-6-10-12/h1-10,13,17H,(H2,14,15,16). The van der Waals surface area contributed by atoms with Crippen LogP contribution in [-0.2, 0) is 4.57 Å². The van der Waals surface area contributed by atoms with Gasteiger partial charge in [0.15, 0.2) is 0 Å². The maximum absolute atomic E-state index is 11.0. The third kappa shape index (κ3) is 3.27. The van der Waals surface area contributed by atoms with Crippen LogP contribution in [0.4, 0.5) is 0 Å². The fourth-order valence-corrected chi connectivity index (χ4v) is 2.35. The summed E-state index contributed by atoms with van der Waals surface area (Å²) in [6.45, 7) is 0. The van der Waals surface area contributed by atoms with Gasteiger partial charge in [-0.1, -0.05) is 60.7 Å². The SMILES string of the molecule is O=[PH](O)NC(c1ccccc1)c1ccccc1. The average Bonchev–Trinajstić information content (AvgIpc) is 2.38. The minimum absolute atomic E-state index is 0.242. The molecule has 0 radical (unpaired) electrons. The van der Waals surface area contributed by atoms with Crippen molar-refractivity contribution < 1.29 is 9.46 Å². The van der Waals surface area contributed by atoms with E-state index in [1.807, 2.05) is 60.7 Å². The summed E-state index contributed by atoms with van der Waals surface area (Å²) in [5.41, 5.74) is 1.96. The van der Waals surface area contributed by atoms with Gasteiger partial charge in [-0.05, 0) is 11.1 Å². The van der Waals surface area contributed by atoms with Gasteiger partial charge in [0.1, 0.15) is 0 Å². The number of benzene rings is 2. The van der Waals surface area contributed by atoms with Crippen LogP contribution in [0.5, 0.6) is 0 Å². The first-order chi connectivity index (χ1) is 8.27. The molecule has 2 aromatic rings. The zero-order valence-corrected chi connectivity index (χ0v) is 10.2. The number of nitrogens with one attached hydrogen (secondary N) is 1. The Morgan fingerprint density at radius 1 is 0.882 bits per heavy atom. The molecule has 0 saturated carbocycles. The smallest absolute Gasteiger partial charge is 0.256 e. The Morgan fingerprint density at radius 2 is 1.29 bits per heavy atom. The highest BCUT2D eigenvalue weighted by atomic mass is 31.1. The van der Waals surface area contributed by atoms with Crippen LogP contribution in [0, 0.1) is 0 Å². The molecule has 2 aromatic carbocycles. The molecule has 0 aliphatic rings. The Hall–Kier alpha value is -1.41. The zero-order valence-electron chi connectivity index (χ0n) is 9.21. The minimum Gasteiger partial charge on any atom is -0.335 e. The molecule has 0 aliphatic heterocycles. The van der Waals surface area contributed by atoms with Gasteiger partial charge in [-0.15, -0.1) is 0 Å². The normalized spacial score (nSPS) is 12.6. The van der Waals surface area contributed by atoms with E-state index in [1.54, 1.807) is 0 Å². The molecule has 0 saturated heterocycles. The molecule has 3 nitrogen and oxygen atoms in total. The van der Waals surface area contributed by atoms with Crippen molar-refractivity contribution in [2.75, 3.05) is 0 Å². The fraction of sp³-hybridized carbons (Fsp3) is 0.0769. The molecule has 0 aliphatic carbocycles. The third-order valence-electron chi connectivity index (χ3n) is 2.53. The molecule has 0 amide bonds. The average molecular weight is 247 g/mol. The van der Waals surface area contributed by atoms with E-state index >= 15 is 0 Å². The number of hydrogen-bond acceptors (Lipinski definition) is 1. The van der Waals surface area contributed by atoms with E-state index < -0.39 is 8.18 Å². The van der Waals surface area contributed by atoms with Crippen molar-refractivity contribution in [2.45, 2.75) is 6.04 Å². The van der Waals surface area contributed by atoms with Crippen molar-refractivity contribution in [3.05, 3.63) is 71.8 Å². The van der Waals surface area contributed by atoms with E-state index in [-0.39, 0.29) is 6.04 Å². The molecule has 1 unspecified atom stereocenters. The first-order valence-corrected chi connectivity index (χ1v) is 6.72. The van der Waals surface area contributed by atoms with Crippen molar-refractivity contribution in [2.24, 2.45) is 0 Å². The molecule has 2 rings (SSSR count). The maximum atomic E-state index is 11.0. The highest BCUT2D eigenvalue weighted by Gasteiger charge is 2.14. The highest BCUT2D eigenvalue weighted by molar-refractivity contribution is 7.35. The van der Waals surface area contributed by atoms with Crippen molar-refractivity contribution in [3.8, 4) is 0 Å². The lowest BCUT2D eigenvalue weighted by Crippen LogP contribution is -2.15. The molecule has 1 atom stereocenters. The van der Waals surface area contributed by atoms with Crippen LogP contribution in [0.3, 0.4) is 0 Å². The predicted molar refractivity (Wildman–Crippen MR) is 69.1 cm³/mol. The van der Waals surface area contributed by atoms with E-state index in [1.165, 1.54) is 0 Å². The monoisotopic (exact) mass is 247 g/mol. The summed E-state index contributed by atoms with van der Waals surface area (Å²) >= 11 is 0. The van der Waals surface area contributed by atoms with Crippen molar-refractivity contribution in [1.82, 2.24) is 5.09 Å². The maximum Gasteiger partial charge on any atom is 0.256 e. The van der Waals surface area contributed by atoms with Gasteiger partial charge in [0.25, 0.3) is 8.18 Å². The second-order valence-electron chi connectivity index (χ2n) is 3.70. The first-order valence-electron chi connectivity index (χ1n) is 5.37. The zero-order chi connectivity index (χ0) is 12.1. The molecular weight excluding hydrogens is 233 g/mol.